The smallest absolute Gasteiger partial charge is 0.486 e. The van der Waals surface area contributed by atoms with Gasteiger partial charge < -0.3 is 14.7 Å². The molecular weight excluding hydrogens is 393 g/mol. The highest BCUT2D eigenvalue weighted by Crippen LogP contribution is 2.26. The highest BCUT2D eigenvalue weighted by atomic mass is 19.4. The third-order valence-corrected chi connectivity index (χ3v) is 4.49. The lowest BCUT2D eigenvalue weighted by molar-refractivity contribution is -0.192. The van der Waals surface area contributed by atoms with Crippen molar-refractivity contribution >= 4 is 11.9 Å². The van der Waals surface area contributed by atoms with E-state index in [-0.39, 0.29) is 6.10 Å². The molecule has 9 nitrogen and oxygen atoms in total. The number of aromatic nitrogens is 4. The van der Waals surface area contributed by atoms with E-state index in [2.05, 4.69) is 29.7 Å². The predicted octanol–water partition coefficient (Wildman–Crippen LogP) is 1.24. The van der Waals surface area contributed by atoms with Crippen molar-refractivity contribution in [3.05, 3.63) is 37.2 Å². The van der Waals surface area contributed by atoms with Crippen LogP contribution in [-0.4, -0.2) is 80.4 Å². The number of halogens is 3. The summed E-state index contributed by atoms with van der Waals surface area (Å²) < 4.78 is 37.7. The van der Waals surface area contributed by atoms with Crippen LogP contribution in [0.15, 0.2) is 37.2 Å². The van der Waals surface area contributed by atoms with Crippen molar-refractivity contribution in [2.24, 2.45) is 0 Å². The van der Waals surface area contributed by atoms with Crippen molar-refractivity contribution < 1.29 is 27.8 Å². The van der Waals surface area contributed by atoms with E-state index in [0.717, 1.165) is 44.3 Å². The molecule has 0 aromatic carbocycles. The summed E-state index contributed by atoms with van der Waals surface area (Å²) in [5.41, 5.74) is 0. The Labute approximate surface area is 164 Å². The van der Waals surface area contributed by atoms with E-state index < -0.39 is 12.1 Å². The number of carboxylic acid groups (broad SMARTS) is 1. The summed E-state index contributed by atoms with van der Waals surface area (Å²) in [6, 6.07) is 2.34. The standard InChI is InChI=1S/C15H18N6O.C2HF3O2/c1-2-18-15(19-3-1)21-5-4-20-10-13(6-12(20)9-21)22-14-7-16-11-17-8-14;3-2(4,5)1(6)7/h1-3,7-8,11-13H,4-6,9-10H2;(H,6,7)/t12-,13+;/m0./s1. The van der Waals surface area contributed by atoms with Crippen LogP contribution in [0.4, 0.5) is 19.1 Å². The Hall–Kier alpha value is -3.02. The van der Waals surface area contributed by atoms with Gasteiger partial charge in [-0.15, -0.1) is 0 Å². The molecule has 4 heterocycles. The lowest BCUT2D eigenvalue weighted by atomic mass is 10.1. The third kappa shape index (κ3) is 5.73. The maximum Gasteiger partial charge on any atom is 0.490 e. The molecule has 0 aliphatic carbocycles. The zero-order chi connectivity index (χ0) is 20.9. The van der Waals surface area contributed by atoms with E-state index in [4.69, 9.17) is 14.6 Å². The average molecular weight is 412 g/mol. The van der Waals surface area contributed by atoms with Crippen LogP contribution in [-0.2, 0) is 4.79 Å². The fourth-order valence-electron chi connectivity index (χ4n) is 3.26. The number of ether oxygens (including phenoxy) is 1. The maximum atomic E-state index is 10.6. The Bertz CT molecular complexity index is 796. The lowest BCUT2D eigenvalue weighted by Crippen LogP contribution is -2.50. The highest BCUT2D eigenvalue weighted by molar-refractivity contribution is 5.73. The van der Waals surface area contributed by atoms with Crippen LogP contribution in [0.25, 0.3) is 0 Å². The Morgan fingerprint density at radius 3 is 2.41 bits per heavy atom. The summed E-state index contributed by atoms with van der Waals surface area (Å²) in [6.45, 7) is 3.90. The second-order valence-corrected chi connectivity index (χ2v) is 6.50. The van der Waals surface area contributed by atoms with Gasteiger partial charge in [-0.1, -0.05) is 0 Å². The number of alkyl halides is 3. The Balaban J connectivity index is 0.000000298. The minimum atomic E-state index is -5.08. The van der Waals surface area contributed by atoms with E-state index in [9.17, 15) is 13.2 Å². The fourth-order valence-corrected chi connectivity index (χ4v) is 3.26. The van der Waals surface area contributed by atoms with Gasteiger partial charge in [-0.25, -0.2) is 24.7 Å². The van der Waals surface area contributed by atoms with Gasteiger partial charge in [-0.3, -0.25) is 4.90 Å². The van der Waals surface area contributed by atoms with E-state index in [0.29, 0.717) is 6.04 Å². The molecule has 2 aromatic rings. The Morgan fingerprint density at radius 2 is 1.79 bits per heavy atom. The number of rotatable bonds is 3. The first-order valence-electron chi connectivity index (χ1n) is 8.80. The van der Waals surface area contributed by atoms with E-state index >= 15 is 0 Å². The molecule has 0 radical (unpaired) electrons. The van der Waals surface area contributed by atoms with Crippen LogP contribution in [0, 0.1) is 0 Å². The molecule has 4 rings (SSSR count). The molecule has 29 heavy (non-hydrogen) atoms. The molecule has 0 unspecified atom stereocenters. The molecule has 0 amide bonds. The number of hydrogen-bond donors (Lipinski definition) is 1. The molecule has 2 aliphatic rings. The molecule has 2 atom stereocenters. The SMILES string of the molecule is O=C(O)C(F)(F)F.c1cnc(N2CCN3C[C@H](Oc4cncnc4)C[C@H]3C2)nc1. The second-order valence-electron chi connectivity index (χ2n) is 6.50. The van der Waals surface area contributed by atoms with Crippen molar-refractivity contribution in [3.63, 3.8) is 0 Å². The topological polar surface area (TPSA) is 105 Å². The number of fused-ring (bicyclic) bond motifs is 1. The average Bonchev–Trinajstić information content (AvgIpc) is 3.10. The summed E-state index contributed by atoms with van der Waals surface area (Å²) in [5.74, 6) is -1.19. The largest absolute Gasteiger partial charge is 0.490 e. The van der Waals surface area contributed by atoms with Gasteiger partial charge >= 0.3 is 12.1 Å². The number of carbonyl (C=O) groups is 1. The second kappa shape index (κ2) is 8.99. The molecule has 156 valence electrons. The zero-order valence-electron chi connectivity index (χ0n) is 15.2. The minimum absolute atomic E-state index is 0.202. The van der Waals surface area contributed by atoms with Gasteiger partial charge in [0.05, 0.1) is 12.4 Å². The van der Waals surface area contributed by atoms with Crippen LogP contribution < -0.4 is 9.64 Å². The molecule has 0 spiro atoms. The van der Waals surface area contributed by atoms with Gasteiger partial charge in [0.15, 0.2) is 5.75 Å². The van der Waals surface area contributed by atoms with Crippen molar-refractivity contribution in [2.75, 3.05) is 31.1 Å². The van der Waals surface area contributed by atoms with Crippen molar-refractivity contribution in [3.8, 4) is 5.75 Å². The van der Waals surface area contributed by atoms with E-state index in [1.807, 2.05) is 6.07 Å². The Kier molecular flexibility index (Phi) is 6.42. The van der Waals surface area contributed by atoms with E-state index in [1.54, 1.807) is 24.8 Å². The monoisotopic (exact) mass is 412 g/mol. The molecule has 12 heteroatoms. The fraction of sp³-hybridized carbons (Fsp3) is 0.471. The summed E-state index contributed by atoms with van der Waals surface area (Å²) in [4.78, 5) is 30.3. The van der Waals surface area contributed by atoms with Crippen molar-refractivity contribution in [1.82, 2.24) is 24.8 Å². The van der Waals surface area contributed by atoms with Gasteiger partial charge in [-0.2, -0.15) is 13.2 Å². The zero-order valence-corrected chi connectivity index (χ0v) is 15.2. The van der Waals surface area contributed by atoms with Crippen LogP contribution in [0.2, 0.25) is 0 Å². The molecule has 2 aromatic heterocycles. The van der Waals surface area contributed by atoms with Crippen molar-refractivity contribution in [2.45, 2.75) is 24.7 Å². The first kappa shape index (κ1) is 20.7. The molecule has 0 saturated carbocycles. The predicted molar refractivity (Wildman–Crippen MR) is 94.4 cm³/mol. The lowest BCUT2D eigenvalue weighted by Gasteiger charge is -2.37. The molecule has 1 N–H and O–H groups in total. The third-order valence-electron chi connectivity index (χ3n) is 4.49. The van der Waals surface area contributed by atoms with Crippen LogP contribution in [0.1, 0.15) is 6.42 Å². The number of hydrogen-bond acceptors (Lipinski definition) is 8. The normalized spacial score (nSPS) is 21.7. The maximum absolute atomic E-state index is 10.6. The molecule has 2 fully saturated rings. The first-order valence-corrected chi connectivity index (χ1v) is 8.80. The van der Waals surface area contributed by atoms with Gasteiger partial charge in [0.2, 0.25) is 5.95 Å². The van der Waals surface area contributed by atoms with Gasteiger partial charge in [0.25, 0.3) is 0 Å². The number of nitrogens with zero attached hydrogens (tertiary/aromatic N) is 6. The molecule has 2 aliphatic heterocycles. The molecular formula is C17H19F3N6O3. The summed E-state index contributed by atoms with van der Waals surface area (Å²) in [7, 11) is 0. The van der Waals surface area contributed by atoms with Gasteiger partial charge in [-0.05, 0) is 6.07 Å². The highest BCUT2D eigenvalue weighted by Gasteiger charge is 2.38. The van der Waals surface area contributed by atoms with Crippen LogP contribution in [0.5, 0.6) is 5.75 Å². The first-order chi connectivity index (χ1) is 13.8. The number of piperazine rings is 1. The van der Waals surface area contributed by atoms with Gasteiger partial charge in [0, 0.05) is 51.0 Å². The summed E-state index contributed by atoms with van der Waals surface area (Å²) in [6.07, 6.45) is 4.67. The molecule has 2 saturated heterocycles. The van der Waals surface area contributed by atoms with Gasteiger partial charge in [0.1, 0.15) is 12.4 Å². The summed E-state index contributed by atoms with van der Waals surface area (Å²) >= 11 is 0. The summed E-state index contributed by atoms with van der Waals surface area (Å²) in [5, 5.41) is 7.12. The van der Waals surface area contributed by atoms with Crippen molar-refractivity contribution in [1.29, 1.82) is 0 Å². The number of anilines is 1. The van der Waals surface area contributed by atoms with E-state index in [1.165, 1.54) is 6.33 Å². The minimum Gasteiger partial charge on any atom is -0.486 e. The Morgan fingerprint density at radius 1 is 1.14 bits per heavy atom. The quantitative estimate of drug-likeness (QED) is 0.797. The molecule has 0 bridgehead atoms. The van der Waals surface area contributed by atoms with Crippen LogP contribution in [0.3, 0.4) is 0 Å². The number of carboxylic acids is 1. The number of aliphatic carboxylic acids is 1. The van der Waals surface area contributed by atoms with Crippen LogP contribution >= 0.6 is 0 Å².